The van der Waals surface area contributed by atoms with E-state index < -0.39 is 10.0 Å². The molecule has 0 amide bonds. The van der Waals surface area contributed by atoms with Crippen molar-refractivity contribution < 1.29 is 13.2 Å². The minimum absolute atomic E-state index is 0.220. The number of methoxy groups -OCH3 is 1. The Morgan fingerprint density at radius 2 is 1.71 bits per heavy atom. The summed E-state index contributed by atoms with van der Waals surface area (Å²) in [6.45, 7) is 0.981. The molecule has 0 radical (unpaired) electrons. The molecule has 0 unspecified atom stereocenters. The SMILES string of the molecule is COc1ccc(S(=O)(=O)N(CCN(C)C)c2ccccc2)cc1Br. The maximum absolute atomic E-state index is 13.1. The molecule has 2 rings (SSSR count). The molecule has 0 heterocycles. The fourth-order valence-electron chi connectivity index (χ4n) is 2.21. The molecule has 130 valence electrons. The number of nitrogens with zero attached hydrogens (tertiary/aromatic N) is 2. The van der Waals surface area contributed by atoms with Gasteiger partial charge in [-0.25, -0.2) is 8.42 Å². The molecule has 0 atom stereocenters. The predicted octanol–water partition coefficient (Wildman–Crippen LogP) is 3.21. The number of ether oxygens (including phenoxy) is 1. The molecule has 2 aromatic rings. The van der Waals surface area contributed by atoms with Gasteiger partial charge in [0.15, 0.2) is 0 Å². The quantitative estimate of drug-likeness (QED) is 0.700. The molecule has 0 aromatic heterocycles. The molecule has 0 spiro atoms. The average molecular weight is 413 g/mol. The van der Waals surface area contributed by atoms with Crippen LogP contribution in [0.4, 0.5) is 5.69 Å². The van der Waals surface area contributed by atoms with E-state index in [2.05, 4.69) is 15.9 Å². The highest BCUT2D eigenvalue weighted by atomic mass is 79.9. The van der Waals surface area contributed by atoms with Gasteiger partial charge in [0.25, 0.3) is 10.0 Å². The smallest absolute Gasteiger partial charge is 0.264 e. The van der Waals surface area contributed by atoms with Crippen LogP contribution in [0.15, 0.2) is 57.9 Å². The summed E-state index contributed by atoms with van der Waals surface area (Å²) in [7, 11) is 1.70. The van der Waals surface area contributed by atoms with Gasteiger partial charge in [-0.1, -0.05) is 18.2 Å². The number of sulfonamides is 1. The summed E-state index contributed by atoms with van der Waals surface area (Å²) in [5.74, 6) is 0.591. The van der Waals surface area contributed by atoms with Crippen LogP contribution in [-0.4, -0.2) is 47.6 Å². The van der Waals surface area contributed by atoms with Crippen molar-refractivity contribution in [3.8, 4) is 5.75 Å². The van der Waals surface area contributed by atoms with Crippen molar-refractivity contribution in [1.82, 2.24) is 4.90 Å². The maximum atomic E-state index is 13.1. The molecule has 0 saturated heterocycles. The average Bonchev–Trinajstić information content (AvgIpc) is 2.55. The largest absolute Gasteiger partial charge is 0.496 e. The second-order valence-corrected chi connectivity index (χ2v) is 8.23. The Morgan fingerprint density at radius 3 is 2.25 bits per heavy atom. The zero-order valence-electron chi connectivity index (χ0n) is 13.9. The molecule has 0 N–H and O–H groups in total. The van der Waals surface area contributed by atoms with Crippen molar-refractivity contribution in [2.45, 2.75) is 4.90 Å². The highest BCUT2D eigenvalue weighted by Gasteiger charge is 2.25. The van der Waals surface area contributed by atoms with Crippen LogP contribution in [0.25, 0.3) is 0 Å². The monoisotopic (exact) mass is 412 g/mol. The molecule has 0 aliphatic carbocycles. The minimum Gasteiger partial charge on any atom is -0.496 e. The van der Waals surface area contributed by atoms with E-state index in [9.17, 15) is 8.42 Å². The Hall–Kier alpha value is -1.57. The number of rotatable bonds is 7. The van der Waals surface area contributed by atoms with Crippen LogP contribution in [0.5, 0.6) is 5.75 Å². The van der Waals surface area contributed by atoms with E-state index in [1.165, 1.54) is 4.31 Å². The molecule has 0 saturated carbocycles. The topological polar surface area (TPSA) is 49.9 Å². The predicted molar refractivity (Wildman–Crippen MR) is 100 cm³/mol. The summed E-state index contributed by atoms with van der Waals surface area (Å²) < 4.78 is 33.5. The van der Waals surface area contributed by atoms with E-state index >= 15 is 0 Å². The van der Waals surface area contributed by atoms with E-state index in [-0.39, 0.29) is 4.90 Å². The van der Waals surface area contributed by atoms with Crippen LogP contribution in [-0.2, 0) is 10.0 Å². The number of halogens is 1. The first-order chi connectivity index (χ1) is 11.4. The summed E-state index contributed by atoms with van der Waals surface area (Å²) in [5.41, 5.74) is 0.645. The fourth-order valence-corrected chi connectivity index (χ4v) is 4.38. The highest BCUT2D eigenvalue weighted by Crippen LogP contribution is 2.30. The van der Waals surface area contributed by atoms with Gasteiger partial charge in [-0.2, -0.15) is 0 Å². The van der Waals surface area contributed by atoms with Gasteiger partial charge >= 0.3 is 0 Å². The number of hydrogen-bond acceptors (Lipinski definition) is 4. The molecule has 0 aliphatic heterocycles. The highest BCUT2D eigenvalue weighted by molar-refractivity contribution is 9.10. The van der Waals surface area contributed by atoms with Gasteiger partial charge in [-0.3, -0.25) is 4.31 Å². The zero-order chi connectivity index (χ0) is 17.7. The van der Waals surface area contributed by atoms with Crippen molar-refractivity contribution in [1.29, 1.82) is 0 Å². The third-order valence-corrected chi connectivity index (χ3v) is 5.95. The van der Waals surface area contributed by atoms with Gasteiger partial charge in [0, 0.05) is 13.1 Å². The van der Waals surface area contributed by atoms with Crippen molar-refractivity contribution >= 4 is 31.6 Å². The molecule has 24 heavy (non-hydrogen) atoms. The van der Waals surface area contributed by atoms with E-state index in [0.717, 1.165) is 0 Å². The fraction of sp³-hybridized carbons (Fsp3) is 0.294. The lowest BCUT2D eigenvalue weighted by Crippen LogP contribution is -2.36. The van der Waals surface area contributed by atoms with Gasteiger partial charge in [0.05, 0.1) is 22.2 Å². The standard InChI is InChI=1S/C17H21BrN2O3S/c1-19(2)11-12-20(14-7-5-4-6-8-14)24(21,22)15-9-10-17(23-3)16(18)13-15/h4-10,13H,11-12H2,1-3H3. The summed E-state index contributed by atoms with van der Waals surface area (Å²) in [4.78, 5) is 2.17. The molecule has 0 fully saturated rings. The van der Waals surface area contributed by atoms with Crippen molar-refractivity contribution in [2.75, 3.05) is 38.6 Å². The lowest BCUT2D eigenvalue weighted by atomic mass is 10.3. The summed E-state index contributed by atoms with van der Waals surface area (Å²) >= 11 is 3.35. The van der Waals surface area contributed by atoms with Crippen LogP contribution >= 0.6 is 15.9 Å². The summed E-state index contributed by atoms with van der Waals surface area (Å²) in [6.07, 6.45) is 0. The third-order valence-electron chi connectivity index (χ3n) is 3.51. The molecule has 5 nitrogen and oxygen atoms in total. The Labute approximate surface area is 152 Å². The molecule has 2 aromatic carbocycles. The molecular formula is C17H21BrN2O3S. The van der Waals surface area contributed by atoms with Crippen molar-refractivity contribution in [3.05, 3.63) is 53.0 Å². The third kappa shape index (κ3) is 4.28. The zero-order valence-corrected chi connectivity index (χ0v) is 16.3. The van der Waals surface area contributed by atoms with Crippen LogP contribution in [0, 0.1) is 0 Å². The number of anilines is 1. The van der Waals surface area contributed by atoms with Crippen molar-refractivity contribution in [3.63, 3.8) is 0 Å². The Kier molecular flexibility index (Phi) is 6.26. The van der Waals surface area contributed by atoms with E-state index in [4.69, 9.17) is 4.74 Å². The molecular weight excluding hydrogens is 392 g/mol. The first-order valence-electron chi connectivity index (χ1n) is 7.42. The molecule has 0 aliphatic rings. The number of likely N-dealkylation sites (N-methyl/N-ethyl adjacent to an activating group) is 1. The van der Waals surface area contributed by atoms with Gasteiger partial charge in [-0.05, 0) is 60.4 Å². The van der Waals surface area contributed by atoms with Crippen LogP contribution < -0.4 is 9.04 Å². The molecule has 7 heteroatoms. The summed E-state index contributed by atoms with van der Waals surface area (Å²) in [5, 5.41) is 0. The lowest BCUT2D eigenvalue weighted by molar-refractivity contribution is 0.411. The van der Waals surface area contributed by atoms with Gasteiger partial charge in [0.2, 0.25) is 0 Å². The van der Waals surface area contributed by atoms with E-state index in [1.54, 1.807) is 37.4 Å². The molecule has 0 bridgehead atoms. The van der Waals surface area contributed by atoms with Gasteiger partial charge in [-0.15, -0.1) is 0 Å². The van der Waals surface area contributed by atoms with Gasteiger partial charge in [0.1, 0.15) is 5.75 Å². The maximum Gasteiger partial charge on any atom is 0.264 e. The normalized spacial score (nSPS) is 11.5. The minimum atomic E-state index is -3.68. The van der Waals surface area contributed by atoms with Crippen LogP contribution in [0.3, 0.4) is 0 Å². The van der Waals surface area contributed by atoms with Crippen molar-refractivity contribution in [2.24, 2.45) is 0 Å². The second-order valence-electron chi connectivity index (χ2n) is 5.51. The second kappa shape index (κ2) is 8.00. The van der Waals surface area contributed by atoms with E-state index in [1.807, 2.05) is 37.2 Å². The first kappa shape index (κ1) is 18.8. The van der Waals surface area contributed by atoms with E-state index in [0.29, 0.717) is 29.0 Å². The first-order valence-corrected chi connectivity index (χ1v) is 9.65. The Morgan fingerprint density at radius 1 is 1.04 bits per heavy atom. The summed E-state index contributed by atoms with van der Waals surface area (Å²) in [6, 6.07) is 13.9. The van der Waals surface area contributed by atoms with Crippen LogP contribution in [0.2, 0.25) is 0 Å². The number of benzene rings is 2. The van der Waals surface area contributed by atoms with Gasteiger partial charge < -0.3 is 9.64 Å². The number of hydrogen-bond donors (Lipinski definition) is 0. The number of para-hydroxylation sites is 1. The Balaban J connectivity index is 2.45. The Bertz CT molecular complexity index is 780. The lowest BCUT2D eigenvalue weighted by Gasteiger charge is -2.26. The van der Waals surface area contributed by atoms with Crippen LogP contribution in [0.1, 0.15) is 0 Å².